The highest BCUT2D eigenvalue weighted by molar-refractivity contribution is 6.17. The molecule has 3 aromatic rings. The zero-order valence-corrected chi connectivity index (χ0v) is 13.9. The molecular weight excluding hydrogens is 330 g/mol. The minimum atomic E-state index is -0.427. The van der Waals surface area contributed by atoms with Crippen molar-refractivity contribution in [3.63, 3.8) is 0 Å². The van der Waals surface area contributed by atoms with E-state index >= 15 is 0 Å². The molecule has 1 aliphatic heterocycles. The summed E-state index contributed by atoms with van der Waals surface area (Å²) in [6.07, 6.45) is 1.25. The van der Waals surface area contributed by atoms with Crippen molar-refractivity contribution in [2.45, 2.75) is 0 Å². The second kappa shape index (κ2) is 6.50. The second-order valence-corrected chi connectivity index (χ2v) is 6.05. The van der Waals surface area contributed by atoms with E-state index in [1.165, 1.54) is 6.08 Å². The topological polar surface area (TPSA) is 85.4 Å². The molecule has 1 aliphatic rings. The molecule has 0 spiro atoms. The van der Waals surface area contributed by atoms with Gasteiger partial charge in [0.25, 0.3) is 11.8 Å². The van der Waals surface area contributed by atoms with Gasteiger partial charge in [-0.25, -0.2) is 0 Å². The highest BCUT2D eigenvalue weighted by Gasteiger charge is 2.30. The Kier molecular flexibility index (Phi) is 4.02. The van der Waals surface area contributed by atoms with Gasteiger partial charge in [0.15, 0.2) is 0 Å². The average Bonchev–Trinajstić information content (AvgIpc) is 3.19. The SMILES string of the molecule is O=C1C=C(Nc2ccc(-c3cc4ccccc4[nH]3)cc2)C(=O)N1CCO. The number of aliphatic hydroxyl groups is 1. The molecule has 130 valence electrons. The summed E-state index contributed by atoms with van der Waals surface area (Å²) in [5.41, 5.74) is 4.04. The van der Waals surface area contributed by atoms with Gasteiger partial charge in [-0.1, -0.05) is 30.3 Å². The third-order valence-corrected chi connectivity index (χ3v) is 4.34. The summed E-state index contributed by atoms with van der Waals surface area (Å²) < 4.78 is 0. The van der Waals surface area contributed by atoms with Crippen LogP contribution in [0.3, 0.4) is 0 Å². The number of imide groups is 1. The molecule has 0 unspecified atom stereocenters. The minimum Gasteiger partial charge on any atom is -0.395 e. The molecule has 0 saturated carbocycles. The predicted octanol–water partition coefficient (Wildman–Crippen LogP) is 2.49. The fourth-order valence-corrected chi connectivity index (χ4v) is 3.03. The third-order valence-electron chi connectivity index (χ3n) is 4.34. The molecule has 2 aromatic carbocycles. The predicted molar refractivity (Wildman–Crippen MR) is 99.2 cm³/mol. The van der Waals surface area contributed by atoms with Crippen LogP contribution in [-0.4, -0.2) is 40.0 Å². The lowest BCUT2D eigenvalue weighted by Gasteiger charge is -2.13. The number of nitrogens with one attached hydrogen (secondary N) is 2. The Balaban J connectivity index is 1.52. The highest BCUT2D eigenvalue weighted by Crippen LogP contribution is 2.26. The fraction of sp³-hybridized carbons (Fsp3) is 0.100. The van der Waals surface area contributed by atoms with Gasteiger partial charge < -0.3 is 15.4 Å². The van der Waals surface area contributed by atoms with Gasteiger partial charge in [-0.15, -0.1) is 0 Å². The molecule has 0 fully saturated rings. The van der Waals surface area contributed by atoms with E-state index < -0.39 is 11.8 Å². The van der Waals surface area contributed by atoms with Crippen LogP contribution in [0.5, 0.6) is 0 Å². The maximum Gasteiger partial charge on any atom is 0.277 e. The normalized spacial score (nSPS) is 14.2. The molecule has 3 N–H and O–H groups in total. The van der Waals surface area contributed by atoms with E-state index in [4.69, 9.17) is 5.11 Å². The lowest BCUT2D eigenvalue weighted by Crippen LogP contribution is -2.34. The van der Waals surface area contributed by atoms with Crippen LogP contribution >= 0.6 is 0 Å². The first-order valence-electron chi connectivity index (χ1n) is 8.29. The average molecular weight is 347 g/mol. The van der Waals surface area contributed by atoms with Crippen molar-refractivity contribution < 1.29 is 14.7 Å². The van der Waals surface area contributed by atoms with Crippen molar-refractivity contribution >= 4 is 28.4 Å². The van der Waals surface area contributed by atoms with Gasteiger partial charge in [-0.2, -0.15) is 0 Å². The Morgan fingerprint density at radius 3 is 2.54 bits per heavy atom. The number of fused-ring (bicyclic) bond motifs is 1. The van der Waals surface area contributed by atoms with Gasteiger partial charge in [0.1, 0.15) is 5.70 Å². The fourth-order valence-electron chi connectivity index (χ4n) is 3.03. The molecule has 1 aromatic heterocycles. The van der Waals surface area contributed by atoms with Crippen LogP contribution in [0.25, 0.3) is 22.2 Å². The number of carbonyl (C=O) groups excluding carboxylic acids is 2. The van der Waals surface area contributed by atoms with E-state index in [9.17, 15) is 9.59 Å². The van der Waals surface area contributed by atoms with Gasteiger partial charge in [0.2, 0.25) is 0 Å². The first-order valence-corrected chi connectivity index (χ1v) is 8.29. The number of aliphatic hydroxyl groups excluding tert-OH is 1. The van der Waals surface area contributed by atoms with Crippen molar-refractivity contribution in [1.29, 1.82) is 0 Å². The van der Waals surface area contributed by atoms with Crippen molar-refractivity contribution in [1.82, 2.24) is 9.88 Å². The molecular formula is C20H17N3O3. The van der Waals surface area contributed by atoms with Crippen molar-refractivity contribution in [2.24, 2.45) is 0 Å². The molecule has 0 saturated heterocycles. The number of rotatable bonds is 5. The molecule has 2 heterocycles. The second-order valence-electron chi connectivity index (χ2n) is 6.05. The van der Waals surface area contributed by atoms with Crippen LogP contribution in [0.1, 0.15) is 0 Å². The van der Waals surface area contributed by atoms with Crippen molar-refractivity contribution in [2.75, 3.05) is 18.5 Å². The van der Waals surface area contributed by atoms with E-state index in [0.717, 1.165) is 27.1 Å². The van der Waals surface area contributed by atoms with E-state index in [1.807, 2.05) is 42.5 Å². The number of para-hydroxylation sites is 1. The molecule has 0 aliphatic carbocycles. The molecule has 0 radical (unpaired) electrons. The Hall–Kier alpha value is -3.38. The van der Waals surface area contributed by atoms with Crippen LogP contribution in [0.2, 0.25) is 0 Å². The maximum atomic E-state index is 12.2. The molecule has 0 atom stereocenters. The molecule has 6 heteroatoms. The lowest BCUT2D eigenvalue weighted by molar-refractivity contribution is -0.137. The number of aromatic amines is 1. The van der Waals surface area contributed by atoms with Gasteiger partial charge in [-0.3, -0.25) is 14.5 Å². The Bertz CT molecular complexity index is 985. The van der Waals surface area contributed by atoms with Crippen LogP contribution in [0, 0.1) is 0 Å². The third kappa shape index (κ3) is 2.87. The summed E-state index contributed by atoms with van der Waals surface area (Å²) >= 11 is 0. The lowest BCUT2D eigenvalue weighted by atomic mass is 10.1. The minimum absolute atomic E-state index is 0.00132. The smallest absolute Gasteiger partial charge is 0.277 e. The van der Waals surface area contributed by atoms with Crippen molar-refractivity contribution in [3.8, 4) is 11.3 Å². The van der Waals surface area contributed by atoms with E-state index in [1.54, 1.807) is 0 Å². The summed E-state index contributed by atoms with van der Waals surface area (Å²) in [6, 6.07) is 17.8. The van der Waals surface area contributed by atoms with E-state index in [2.05, 4.69) is 22.4 Å². The Morgan fingerprint density at radius 1 is 1.04 bits per heavy atom. The number of nitrogens with zero attached hydrogens (tertiary/aromatic N) is 1. The molecule has 26 heavy (non-hydrogen) atoms. The standard InChI is InChI=1S/C20H17N3O3/c24-10-9-23-19(25)12-18(20(23)26)21-15-7-5-13(6-8-15)17-11-14-3-1-2-4-16(14)22-17/h1-8,11-12,21-22,24H,9-10H2. The van der Waals surface area contributed by atoms with Crippen LogP contribution in [0.15, 0.2) is 66.4 Å². The van der Waals surface area contributed by atoms with Gasteiger partial charge in [0.05, 0.1) is 13.2 Å². The number of hydrogen-bond donors (Lipinski definition) is 3. The largest absolute Gasteiger partial charge is 0.395 e. The Morgan fingerprint density at radius 2 is 1.81 bits per heavy atom. The summed E-state index contributed by atoms with van der Waals surface area (Å²) in [6.45, 7) is -0.254. The van der Waals surface area contributed by atoms with Crippen LogP contribution in [-0.2, 0) is 9.59 Å². The Labute approximate surface area is 149 Å². The molecule has 6 nitrogen and oxygen atoms in total. The van der Waals surface area contributed by atoms with Gasteiger partial charge in [-0.05, 0) is 29.8 Å². The number of H-pyrrole nitrogens is 1. The zero-order valence-electron chi connectivity index (χ0n) is 13.9. The molecule has 0 bridgehead atoms. The number of aromatic nitrogens is 1. The summed E-state index contributed by atoms with van der Waals surface area (Å²) in [5.74, 6) is -0.843. The quantitative estimate of drug-likeness (QED) is 0.619. The first kappa shape index (κ1) is 16.1. The number of β-amino-alcohol motifs (C(OH)–C–C–N with tert-alkyl or cyclic N) is 1. The van der Waals surface area contributed by atoms with E-state index in [0.29, 0.717) is 5.69 Å². The van der Waals surface area contributed by atoms with Gasteiger partial charge >= 0.3 is 0 Å². The van der Waals surface area contributed by atoms with Crippen LogP contribution < -0.4 is 5.32 Å². The summed E-state index contributed by atoms with van der Waals surface area (Å²) in [5, 5.41) is 13.1. The number of anilines is 1. The number of amides is 2. The maximum absolute atomic E-state index is 12.2. The number of hydrogen-bond acceptors (Lipinski definition) is 4. The molecule has 4 rings (SSSR count). The molecule has 2 amide bonds. The van der Waals surface area contributed by atoms with Crippen molar-refractivity contribution in [3.05, 3.63) is 66.4 Å². The monoisotopic (exact) mass is 347 g/mol. The summed E-state index contributed by atoms with van der Waals surface area (Å²) in [7, 11) is 0. The highest BCUT2D eigenvalue weighted by atomic mass is 16.3. The summed E-state index contributed by atoms with van der Waals surface area (Å²) in [4.78, 5) is 28.3. The number of carbonyl (C=O) groups is 2. The van der Waals surface area contributed by atoms with Crippen LogP contribution in [0.4, 0.5) is 5.69 Å². The van der Waals surface area contributed by atoms with Gasteiger partial charge in [0, 0.05) is 28.4 Å². The zero-order chi connectivity index (χ0) is 18.1. The number of benzene rings is 2. The van der Waals surface area contributed by atoms with E-state index in [-0.39, 0.29) is 18.8 Å². The first-order chi connectivity index (χ1) is 12.7.